The molecule has 0 bridgehead atoms. The van der Waals surface area contributed by atoms with Crippen LogP contribution in [-0.2, 0) is 14.3 Å². The summed E-state index contributed by atoms with van der Waals surface area (Å²) in [5, 5.41) is 8.93. The van der Waals surface area contributed by atoms with Crippen molar-refractivity contribution < 1.29 is 19.4 Å². The minimum Gasteiger partial charge on any atom is -0.481 e. The summed E-state index contributed by atoms with van der Waals surface area (Å²) in [5.41, 5.74) is -0.195. The fourth-order valence-electron chi connectivity index (χ4n) is 2.86. The number of carboxylic acid groups (broad SMARTS) is 1. The molecule has 2 unspecified atom stereocenters. The van der Waals surface area contributed by atoms with Crippen LogP contribution in [0.25, 0.3) is 0 Å². The molecule has 1 saturated heterocycles. The summed E-state index contributed by atoms with van der Waals surface area (Å²) >= 11 is 0. The fourth-order valence-corrected chi connectivity index (χ4v) is 2.86. The van der Waals surface area contributed by atoms with E-state index in [0.29, 0.717) is 13.0 Å². The Bertz CT molecular complexity index is 351. The largest absolute Gasteiger partial charge is 0.481 e. The summed E-state index contributed by atoms with van der Waals surface area (Å²) in [7, 11) is 1.61. The molecule has 1 amide bonds. The van der Waals surface area contributed by atoms with E-state index in [2.05, 4.69) is 0 Å². The summed E-state index contributed by atoms with van der Waals surface area (Å²) in [6, 6.07) is -0.205. The first-order valence-electron chi connectivity index (χ1n) is 6.58. The number of methoxy groups -OCH3 is 1. The Morgan fingerprint density at radius 3 is 2.56 bits per heavy atom. The number of aliphatic carboxylic acids is 1. The summed E-state index contributed by atoms with van der Waals surface area (Å²) in [6.45, 7) is 2.57. The lowest BCUT2D eigenvalue weighted by molar-refractivity contribution is -0.142. The molecule has 0 radical (unpaired) electrons. The second kappa shape index (κ2) is 4.88. The molecular formula is C13H21NO4. The van der Waals surface area contributed by atoms with E-state index in [1.165, 1.54) is 0 Å². The zero-order chi connectivity index (χ0) is 13.3. The monoisotopic (exact) mass is 255 g/mol. The highest BCUT2D eigenvalue weighted by Crippen LogP contribution is 2.51. The van der Waals surface area contributed by atoms with Gasteiger partial charge in [-0.05, 0) is 25.7 Å². The van der Waals surface area contributed by atoms with Crippen LogP contribution in [0.1, 0.15) is 39.0 Å². The molecule has 2 rings (SSSR count). The van der Waals surface area contributed by atoms with Crippen LogP contribution < -0.4 is 0 Å². The Morgan fingerprint density at radius 2 is 2.11 bits per heavy atom. The number of ether oxygens (including phenoxy) is 1. The van der Waals surface area contributed by atoms with Gasteiger partial charge in [0, 0.05) is 25.1 Å². The highest BCUT2D eigenvalue weighted by atomic mass is 16.5. The molecule has 1 saturated carbocycles. The van der Waals surface area contributed by atoms with Gasteiger partial charge in [-0.3, -0.25) is 9.59 Å². The number of nitrogens with zero attached hydrogens (tertiary/aromatic N) is 1. The molecule has 102 valence electrons. The Labute approximate surface area is 107 Å². The van der Waals surface area contributed by atoms with E-state index in [-0.39, 0.29) is 29.9 Å². The van der Waals surface area contributed by atoms with Crippen LogP contribution in [0.3, 0.4) is 0 Å². The number of carbonyl (C=O) groups excluding carboxylic acids is 1. The lowest BCUT2D eigenvalue weighted by Gasteiger charge is -2.27. The van der Waals surface area contributed by atoms with Crippen molar-refractivity contribution in [2.24, 2.45) is 5.41 Å². The van der Waals surface area contributed by atoms with Gasteiger partial charge in [-0.15, -0.1) is 0 Å². The first kappa shape index (κ1) is 13.3. The molecule has 0 spiro atoms. The van der Waals surface area contributed by atoms with Crippen molar-refractivity contribution in [1.82, 2.24) is 4.90 Å². The van der Waals surface area contributed by atoms with Gasteiger partial charge in [0.25, 0.3) is 0 Å². The Balaban J connectivity index is 2.08. The second-order valence-electron chi connectivity index (χ2n) is 5.44. The number of carbonyl (C=O) groups is 2. The third-order valence-electron chi connectivity index (χ3n) is 4.36. The van der Waals surface area contributed by atoms with Crippen LogP contribution in [0.2, 0.25) is 0 Å². The lowest BCUT2D eigenvalue weighted by Crippen LogP contribution is -2.41. The first-order valence-corrected chi connectivity index (χ1v) is 6.58. The summed E-state index contributed by atoms with van der Waals surface area (Å²) in [5.74, 6) is -0.716. The zero-order valence-electron chi connectivity index (χ0n) is 11.0. The SMILES string of the molecule is CCC1(C(=O)N2CC(OC)CC2CC(=O)O)CC1. The number of carboxylic acids is 1. The van der Waals surface area contributed by atoms with Crippen molar-refractivity contribution in [2.45, 2.75) is 51.2 Å². The van der Waals surface area contributed by atoms with Crippen molar-refractivity contribution in [1.29, 1.82) is 0 Å². The number of rotatable bonds is 5. The Kier molecular flexibility index (Phi) is 3.61. The number of amides is 1. The van der Waals surface area contributed by atoms with Crippen molar-refractivity contribution in [3.05, 3.63) is 0 Å². The van der Waals surface area contributed by atoms with Gasteiger partial charge in [0.05, 0.1) is 12.5 Å². The van der Waals surface area contributed by atoms with E-state index < -0.39 is 5.97 Å². The minimum absolute atomic E-state index is 0.0192. The predicted molar refractivity (Wildman–Crippen MR) is 65.1 cm³/mol. The normalized spacial score (nSPS) is 29.3. The first-order chi connectivity index (χ1) is 8.52. The van der Waals surface area contributed by atoms with E-state index in [1.54, 1.807) is 12.0 Å². The molecular weight excluding hydrogens is 234 g/mol. The number of likely N-dealkylation sites (tertiary alicyclic amines) is 1. The number of hydrogen-bond acceptors (Lipinski definition) is 3. The summed E-state index contributed by atoms with van der Waals surface area (Å²) in [4.78, 5) is 25.1. The van der Waals surface area contributed by atoms with Crippen LogP contribution in [0.15, 0.2) is 0 Å². The lowest BCUT2D eigenvalue weighted by atomic mass is 10.0. The smallest absolute Gasteiger partial charge is 0.305 e. The van der Waals surface area contributed by atoms with Gasteiger partial charge in [-0.2, -0.15) is 0 Å². The van der Waals surface area contributed by atoms with E-state index >= 15 is 0 Å². The van der Waals surface area contributed by atoms with Crippen molar-refractivity contribution in [2.75, 3.05) is 13.7 Å². The molecule has 2 atom stereocenters. The van der Waals surface area contributed by atoms with Crippen LogP contribution >= 0.6 is 0 Å². The summed E-state index contributed by atoms with van der Waals surface area (Å²) in [6.07, 6.45) is 3.36. The van der Waals surface area contributed by atoms with Crippen molar-refractivity contribution >= 4 is 11.9 Å². The fraction of sp³-hybridized carbons (Fsp3) is 0.846. The van der Waals surface area contributed by atoms with Gasteiger partial charge in [-0.25, -0.2) is 0 Å². The minimum atomic E-state index is -0.851. The standard InChI is InChI=1S/C13H21NO4/c1-3-13(4-5-13)12(17)14-8-10(18-2)6-9(14)7-11(15)16/h9-10H,3-8H2,1-2H3,(H,15,16). The average Bonchev–Trinajstić information content (AvgIpc) is 3.04. The molecule has 2 fully saturated rings. The molecule has 1 aliphatic carbocycles. The molecule has 18 heavy (non-hydrogen) atoms. The Morgan fingerprint density at radius 1 is 1.44 bits per heavy atom. The van der Waals surface area contributed by atoms with E-state index in [1.807, 2.05) is 6.92 Å². The van der Waals surface area contributed by atoms with E-state index in [4.69, 9.17) is 9.84 Å². The highest BCUT2D eigenvalue weighted by Gasteiger charge is 2.52. The van der Waals surface area contributed by atoms with E-state index in [9.17, 15) is 9.59 Å². The van der Waals surface area contributed by atoms with Crippen LogP contribution in [-0.4, -0.2) is 47.7 Å². The van der Waals surface area contributed by atoms with Gasteiger partial charge in [-0.1, -0.05) is 6.92 Å². The zero-order valence-corrected chi connectivity index (χ0v) is 11.0. The van der Waals surface area contributed by atoms with Gasteiger partial charge < -0.3 is 14.7 Å². The molecule has 5 nitrogen and oxygen atoms in total. The maximum Gasteiger partial charge on any atom is 0.305 e. The molecule has 0 aromatic heterocycles. The molecule has 1 aliphatic heterocycles. The third-order valence-corrected chi connectivity index (χ3v) is 4.36. The molecule has 1 N–H and O–H groups in total. The highest BCUT2D eigenvalue weighted by molar-refractivity contribution is 5.86. The van der Waals surface area contributed by atoms with Crippen molar-refractivity contribution in [3.8, 4) is 0 Å². The molecule has 0 aromatic carbocycles. The van der Waals surface area contributed by atoms with Crippen LogP contribution in [0, 0.1) is 5.41 Å². The maximum absolute atomic E-state index is 12.5. The number of hydrogen-bond donors (Lipinski definition) is 1. The Hall–Kier alpha value is -1.10. The van der Waals surface area contributed by atoms with Gasteiger partial charge in [0.15, 0.2) is 0 Å². The molecule has 1 heterocycles. The topological polar surface area (TPSA) is 66.8 Å². The van der Waals surface area contributed by atoms with Crippen LogP contribution in [0.4, 0.5) is 0 Å². The van der Waals surface area contributed by atoms with Gasteiger partial charge in [0.2, 0.25) is 5.91 Å². The van der Waals surface area contributed by atoms with E-state index in [0.717, 1.165) is 19.3 Å². The van der Waals surface area contributed by atoms with Crippen molar-refractivity contribution in [3.63, 3.8) is 0 Å². The summed E-state index contributed by atoms with van der Waals surface area (Å²) < 4.78 is 5.28. The molecule has 2 aliphatic rings. The molecule has 0 aromatic rings. The molecule has 5 heteroatoms. The predicted octanol–water partition coefficient (Wildman–Crippen LogP) is 1.27. The third kappa shape index (κ3) is 2.36. The second-order valence-corrected chi connectivity index (χ2v) is 5.44. The van der Waals surface area contributed by atoms with Gasteiger partial charge >= 0.3 is 5.97 Å². The van der Waals surface area contributed by atoms with Crippen LogP contribution in [0.5, 0.6) is 0 Å². The maximum atomic E-state index is 12.5. The average molecular weight is 255 g/mol. The van der Waals surface area contributed by atoms with Gasteiger partial charge in [0.1, 0.15) is 0 Å². The quantitative estimate of drug-likeness (QED) is 0.803.